The molecule has 0 aromatic heterocycles. The van der Waals surface area contributed by atoms with Gasteiger partial charge < -0.3 is 4.74 Å². The molecular formula is C10H8ClFO2. The number of hydrogen-bond acceptors (Lipinski definition) is 2. The van der Waals surface area contributed by atoms with Crippen molar-refractivity contribution in [1.82, 2.24) is 0 Å². The summed E-state index contributed by atoms with van der Waals surface area (Å²) in [7, 11) is 0. The average molecular weight is 215 g/mol. The Morgan fingerprint density at radius 2 is 2.21 bits per heavy atom. The number of halogens is 2. The average Bonchev–Trinajstić information content (AvgIpc) is 2.14. The molecule has 1 aliphatic heterocycles. The SMILES string of the molecule is C[C@@H]1OC(=O)c2cc(Cl)ccc2[C@@H]1F. The van der Waals surface area contributed by atoms with Gasteiger partial charge in [-0.1, -0.05) is 17.7 Å². The van der Waals surface area contributed by atoms with E-state index in [4.69, 9.17) is 16.3 Å². The third-order valence-electron chi connectivity index (χ3n) is 2.24. The topological polar surface area (TPSA) is 26.3 Å². The Kier molecular flexibility index (Phi) is 2.19. The van der Waals surface area contributed by atoms with Crippen LogP contribution >= 0.6 is 11.6 Å². The molecule has 0 fully saturated rings. The first-order valence-electron chi connectivity index (χ1n) is 4.24. The molecular weight excluding hydrogens is 207 g/mol. The zero-order valence-electron chi connectivity index (χ0n) is 7.46. The zero-order valence-corrected chi connectivity index (χ0v) is 8.22. The summed E-state index contributed by atoms with van der Waals surface area (Å²) in [6.07, 6.45) is -1.99. The number of carbonyl (C=O) groups excluding carboxylic acids is 1. The van der Waals surface area contributed by atoms with E-state index < -0.39 is 18.2 Å². The van der Waals surface area contributed by atoms with E-state index in [0.29, 0.717) is 10.6 Å². The zero-order chi connectivity index (χ0) is 10.3. The van der Waals surface area contributed by atoms with Crippen LogP contribution in [0, 0.1) is 0 Å². The lowest BCUT2D eigenvalue weighted by Gasteiger charge is -2.25. The van der Waals surface area contributed by atoms with Crippen molar-refractivity contribution in [1.29, 1.82) is 0 Å². The molecule has 0 spiro atoms. The molecule has 2 atom stereocenters. The first-order valence-corrected chi connectivity index (χ1v) is 4.62. The molecule has 0 radical (unpaired) electrons. The quantitative estimate of drug-likeness (QED) is 0.621. The van der Waals surface area contributed by atoms with Crippen LogP contribution in [0.5, 0.6) is 0 Å². The standard InChI is InChI=1S/C10H8ClFO2/c1-5-9(12)7-3-2-6(11)4-8(7)10(13)14-5/h2-5,9H,1H3/t5-,9+/m0/s1. The molecule has 2 nitrogen and oxygen atoms in total. The van der Waals surface area contributed by atoms with Gasteiger partial charge in [0.25, 0.3) is 0 Å². The molecule has 0 saturated carbocycles. The van der Waals surface area contributed by atoms with E-state index in [2.05, 4.69) is 0 Å². The van der Waals surface area contributed by atoms with Crippen LogP contribution in [0.15, 0.2) is 18.2 Å². The molecule has 0 bridgehead atoms. The fourth-order valence-electron chi connectivity index (χ4n) is 1.49. The number of hydrogen-bond donors (Lipinski definition) is 0. The van der Waals surface area contributed by atoms with Gasteiger partial charge in [0.05, 0.1) is 5.56 Å². The number of benzene rings is 1. The summed E-state index contributed by atoms with van der Waals surface area (Å²) in [6.45, 7) is 1.53. The van der Waals surface area contributed by atoms with Crippen LogP contribution in [-0.2, 0) is 4.74 Å². The first kappa shape index (κ1) is 9.46. The Bertz CT molecular complexity index is 392. The molecule has 0 saturated heterocycles. The van der Waals surface area contributed by atoms with E-state index in [-0.39, 0.29) is 5.56 Å². The monoisotopic (exact) mass is 214 g/mol. The number of cyclic esters (lactones) is 1. The largest absolute Gasteiger partial charge is 0.456 e. The minimum Gasteiger partial charge on any atom is -0.456 e. The second kappa shape index (κ2) is 3.24. The van der Waals surface area contributed by atoms with E-state index in [1.54, 1.807) is 6.07 Å². The Hall–Kier alpha value is -1.09. The van der Waals surface area contributed by atoms with Gasteiger partial charge in [0.15, 0.2) is 6.17 Å². The summed E-state index contributed by atoms with van der Waals surface area (Å²) in [5, 5.41) is 0.405. The van der Waals surface area contributed by atoms with Gasteiger partial charge in [-0.05, 0) is 19.1 Å². The van der Waals surface area contributed by atoms with Gasteiger partial charge in [0.1, 0.15) is 6.10 Å². The number of ether oxygens (including phenoxy) is 1. The second-order valence-electron chi connectivity index (χ2n) is 3.24. The van der Waals surface area contributed by atoms with E-state index in [1.807, 2.05) is 0 Å². The third-order valence-corrected chi connectivity index (χ3v) is 2.47. The van der Waals surface area contributed by atoms with Crippen LogP contribution in [0.25, 0.3) is 0 Å². The highest BCUT2D eigenvalue weighted by Crippen LogP contribution is 2.33. The third kappa shape index (κ3) is 1.38. The van der Waals surface area contributed by atoms with Crippen molar-refractivity contribution in [3.63, 3.8) is 0 Å². The lowest BCUT2D eigenvalue weighted by molar-refractivity contribution is 0.00403. The van der Waals surface area contributed by atoms with Gasteiger partial charge >= 0.3 is 5.97 Å². The summed E-state index contributed by atoms with van der Waals surface area (Å²) in [5.74, 6) is -0.510. The van der Waals surface area contributed by atoms with E-state index in [9.17, 15) is 9.18 Å². The Morgan fingerprint density at radius 1 is 1.50 bits per heavy atom. The lowest BCUT2D eigenvalue weighted by atomic mass is 9.98. The predicted octanol–water partition coefficient (Wildman–Crippen LogP) is 2.91. The molecule has 74 valence electrons. The predicted molar refractivity (Wildman–Crippen MR) is 50.2 cm³/mol. The maximum absolute atomic E-state index is 13.6. The number of carbonyl (C=O) groups is 1. The Labute approximate surface area is 85.6 Å². The summed E-state index contributed by atoms with van der Waals surface area (Å²) >= 11 is 5.70. The van der Waals surface area contributed by atoms with Crippen LogP contribution in [0.3, 0.4) is 0 Å². The Morgan fingerprint density at radius 3 is 2.93 bits per heavy atom. The summed E-state index contributed by atoms with van der Waals surface area (Å²) in [4.78, 5) is 11.3. The van der Waals surface area contributed by atoms with Gasteiger partial charge in [-0.2, -0.15) is 0 Å². The van der Waals surface area contributed by atoms with Crippen molar-refractivity contribution in [2.45, 2.75) is 19.2 Å². The van der Waals surface area contributed by atoms with Gasteiger partial charge in [0, 0.05) is 10.6 Å². The molecule has 0 aliphatic carbocycles. The van der Waals surface area contributed by atoms with Crippen molar-refractivity contribution < 1.29 is 13.9 Å². The summed E-state index contributed by atoms with van der Waals surface area (Å²) in [6, 6.07) is 4.52. The number of alkyl halides is 1. The fourth-order valence-corrected chi connectivity index (χ4v) is 1.66. The molecule has 1 aromatic carbocycles. The molecule has 1 heterocycles. The number of esters is 1. The highest BCUT2D eigenvalue weighted by Gasteiger charge is 2.32. The van der Waals surface area contributed by atoms with Gasteiger partial charge in [-0.3, -0.25) is 0 Å². The van der Waals surface area contributed by atoms with Crippen molar-refractivity contribution >= 4 is 17.6 Å². The molecule has 1 aromatic rings. The Balaban J connectivity index is 2.56. The highest BCUT2D eigenvalue weighted by molar-refractivity contribution is 6.31. The molecule has 2 rings (SSSR count). The minimum absolute atomic E-state index is 0.225. The van der Waals surface area contributed by atoms with Crippen molar-refractivity contribution in [3.05, 3.63) is 34.3 Å². The smallest absolute Gasteiger partial charge is 0.338 e. The molecule has 0 unspecified atom stereocenters. The maximum Gasteiger partial charge on any atom is 0.338 e. The van der Waals surface area contributed by atoms with E-state index in [0.717, 1.165) is 0 Å². The van der Waals surface area contributed by atoms with E-state index in [1.165, 1.54) is 19.1 Å². The maximum atomic E-state index is 13.6. The molecule has 4 heteroatoms. The van der Waals surface area contributed by atoms with Gasteiger partial charge in [-0.15, -0.1) is 0 Å². The number of rotatable bonds is 0. The molecule has 14 heavy (non-hydrogen) atoms. The summed E-state index contributed by atoms with van der Waals surface area (Å²) in [5.41, 5.74) is 0.584. The van der Waals surface area contributed by atoms with Crippen LogP contribution in [0.2, 0.25) is 5.02 Å². The minimum atomic E-state index is -1.26. The molecule has 1 aliphatic rings. The fraction of sp³-hybridized carbons (Fsp3) is 0.300. The summed E-state index contributed by atoms with van der Waals surface area (Å²) < 4.78 is 18.4. The first-order chi connectivity index (χ1) is 6.59. The van der Waals surface area contributed by atoms with Crippen molar-refractivity contribution in [3.8, 4) is 0 Å². The highest BCUT2D eigenvalue weighted by atomic mass is 35.5. The van der Waals surface area contributed by atoms with Crippen LogP contribution in [-0.4, -0.2) is 12.1 Å². The number of fused-ring (bicyclic) bond motifs is 1. The lowest BCUT2D eigenvalue weighted by Crippen LogP contribution is -2.27. The van der Waals surface area contributed by atoms with Crippen molar-refractivity contribution in [2.75, 3.05) is 0 Å². The van der Waals surface area contributed by atoms with Crippen LogP contribution < -0.4 is 0 Å². The van der Waals surface area contributed by atoms with Crippen molar-refractivity contribution in [2.24, 2.45) is 0 Å². The second-order valence-corrected chi connectivity index (χ2v) is 3.68. The van der Waals surface area contributed by atoms with Crippen LogP contribution in [0.4, 0.5) is 4.39 Å². The molecule has 0 N–H and O–H groups in total. The molecule has 0 amide bonds. The van der Waals surface area contributed by atoms with Gasteiger partial charge in [0.2, 0.25) is 0 Å². The van der Waals surface area contributed by atoms with Crippen LogP contribution in [0.1, 0.15) is 29.0 Å². The van der Waals surface area contributed by atoms with Gasteiger partial charge in [-0.25, -0.2) is 9.18 Å². The normalized spacial score (nSPS) is 25.5. The van der Waals surface area contributed by atoms with E-state index >= 15 is 0 Å².